The Morgan fingerprint density at radius 2 is 2.03 bits per heavy atom. The molecule has 8 heteroatoms. The first-order valence-electron chi connectivity index (χ1n) is 11.0. The van der Waals surface area contributed by atoms with E-state index in [-0.39, 0.29) is 23.3 Å². The number of nitrogen functional groups attached to an aromatic ring is 1. The second kappa shape index (κ2) is 7.55. The molecule has 4 N–H and O–H groups in total. The summed E-state index contributed by atoms with van der Waals surface area (Å²) in [5.41, 5.74) is 11.1. The number of nitrogens with zero attached hydrogens (tertiary/aromatic N) is 3. The average molecular weight is 452 g/mol. The van der Waals surface area contributed by atoms with Gasteiger partial charge in [0, 0.05) is 16.8 Å². The summed E-state index contributed by atoms with van der Waals surface area (Å²) in [6.07, 6.45) is 7.26. The van der Waals surface area contributed by atoms with Crippen molar-refractivity contribution < 1.29 is 9.18 Å². The van der Waals surface area contributed by atoms with Crippen molar-refractivity contribution in [2.24, 2.45) is 0 Å². The number of carbonyl (C=O) groups excluding carboxylic acids is 1. The summed E-state index contributed by atoms with van der Waals surface area (Å²) in [5, 5.41) is 5.22. The normalized spacial score (nSPS) is 15.8. The highest BCUT2D eigenvalue weighted by atomic mass is 19.1. The fraction of sp³-hybridized carbons (Fsp3) is 0.115. The molecule has 2 aromatic carbocycles. The number of carbonyl (C=O) groups is 1. The molecule has 3 heterocycles. The highest BCUT2D eigenvalue weighted by molar-refractivity contribution is 6.12. The molecular formula is C26H21FN6O. The van der Waals surface area contributed by atoms with Crippen molar-refractivity contribution >= 4 is 33.5 Å². The summed E-state index contributed by atoms with van der Waals surface area (Å²) in [4.78, 5) is 24.1. The molecule has 3 aromatic heterocycles. The van der Waals surface area contributed by atoms with Gasteiger partial charge in [0.1, 0.15) is 17.5 Å². The SMILES string of the molecule is Cc1nc2cc(-n3ncc(C(=O)c4cc5ccc(C6CC=CC=C6F)cc5[nH]4)c3N)ccc2[nH]1. The number of allylic oxidation sites excluding steroid dienone is 4. The molecule has 0 bridgehead atoms. The van der Waals surface area contributed by atoms with Crippen LogP contribution in [0.25, 0.3) is 27.6 Å². The first kappa shape index (κ1) is 20.2. The lowest BCUT2D eigenvalue weighted by Gasteiger charge is -2.16. The van der Waals surface area contributed by atoms with Crippen molar-refractivity contribution in [2.45, 2.75) is 19.3 Å². The molecule has 34 heavy (non-hydrogen) atoms. The Morgan fingerprint density at radius 3 is 2.88 bits per heavy atom. The van der Waals surface area contributed by atoms with Crippen molar-refractivity contribution in [2.75, 3.05) is 5.73 Å². The zero-order chi connectivity index (χ0) is 23.4. The highest BCUT2D eigenvalue weighted by Crippen LogP contribution is 2.34. The molecule has 0 fully saturated rings. The van der Waals surface area contributed by atoms with E-state index in [2.05, 4.69) is 20.1 Å². The van der Waals surface area contributed by atoms with Crippen LogP contribution >= 0.6 is 0 Å². The average Bonchev–Trinajstić information content (AvgIpc) is 3.53. The number of benzene rings is 2. The predicted molar refractivity (Wildman–Crippen MR) is 130 cm³/mol. The standard InChI is InChI=1S/C26H21FN6O/c1-14-30-21-9-8-17(12-23(21)31-14)33-26(28)19(13-29-33)25(34)24-11-16-7-6-15(10-22(16)32-24)18-4-2-3-5-20(18)27/h2-3,5-13,18,32H,4,28H2,1H3,(H,30,31). The first-order chi connectivity index (χ1) is 16.5. The van der Waals surface area contributed by atoms with Gasteiger partial charge in [-0.3, -0.25) is 4.79 Å². The largest absolute Gasteiger partial charge is 0.383 e. The van der Waals surface area contributed by atoms with Gasteiger partial charge in [0.05, 0.1) is 34.2 Å². The lowest BCUT2D eigenvalue weighted by molar-refractivity contribution is 0.103. The number of imidazole rings is 1. The van der Waals surface area contributed by atoms with E-state index in [0.717, 1.165) is 33.3 Å². The number of anilines is 1. The Morgan fingerprint density at radius 1 is 1.15 bits per heavy atom. The van der Waals surface area contributed by atoms with Gasteiger partial charge in [0.25, 0.3) is 0 Å². The molecule has 0 spiro atoms. The third-order valence-corrected chi connectivity index (χ3v) is 6.27. The maximum absolute atomic E-state index is 14.3. The van der Waals surface area contributed by atoms with Crippen molar-refractivity contribution in [1.82, 2.24) is 24.7 Å². The van der Waals surface area contributed by atoms with E-state index in [1.165, 1.54) is 17.0 Å². The number of ketones is 1. The zero-order valence-electron chi connectivity index (χ0n) is 18.3. The van der Waals surface area contributed by atoms with Crippen LogP contribution in [0.4, 0.5) is 10.2 Å². The van der Waals surface area contributed by atoms with Crippen LogP contribution in [-0.4, -0.2) is 30.5 Å². The Labute approximate surface area is 193 Å². The third kappa shape index (κ3) is 3.23. The molecule has 7 nitrogen and oxygen atoms in total. The Kier molecular flexibility index (Phi) is 4.48. The van der Waals surface area contributed by atoms with Gasteiger partial charge in [-0.05, 0) is 55.3 Å². The molecule has 1 unspecified atom stereocenters. The quantitative estimate of drug-likeness (QED) is 0.324. The molecule has 1 aliphatic rings. The number of aromatic nitrogens is 5. The number of aromatic amines is 2. The van der Waals surface area contributed by atoms with Crippen LogP contribution < -0.4 is 5.73 Å². The fourth-order valence-corrected chi connectivity index (χ4v) is 4.52. The van der Waals surface area contributed by atoms with Gasteiger partial charge in [-0.15, -0.1) is 0 Å². The summed E-state index contributed by atoms with van der Waals surface area (Å²) in [6.45, 7) is 1.89. The van der Waals surface area contributed by atoms with Gasteiger partial charge in [-0.1, -0.05) is 24.3 Å². The first-order valence-corrected chi connectivity index (χ1v) is 11.0. The second-order valence-corrected chi connectivity index (χ2v) is 8.51. The summed E-state index contributed by atoms with van der Waals surface area (Å²) >= 11 is 0. The number of nitrogens with one attached hydrogen (secondary N) is 2. The number of H-pyrrole nitrogens is 2. The van der Waals surface area contributed by atoms with Crippen LogP contribution in [-0.2, 0) is 0 Å². The van der Waals surface area contributed by atoms with E-state index in [0.29, 0.717) is 23.4 Å². The maximum atomic E-state index is 14.3. The van der Waals surface area contributed by atoms with E-state index < -0.39 is 0 Å². The number of rotatable bonds is 4. The van der Waals surface area contributed by atoms with Gasteiger partial charge < -0.3 is 15.7 Å². The van der Waals surface area contributed by atoms with E-state index in [1.807, 2.05) is 49.4 Å². The lowest BCUT2D eigenvalue weighted by atomic mass is 9.91. The highest BCUT2D eigenvalue weighted by Gasteiger charge is 2.22. The summed E-state index contributed by atoms with van der Waals surface area (Å²) in [5.74, 6) is 0.341. The summed E-state index contributed by atoms with van der Waals surface area (Å²) in [7, 11) is 0. The molecule has 0 aliphatic heterocycles. The lowest BCUT2D eigenvalue weighted by Crippen LogP contribution is -2.07. The molecule has 5 aromatic rings. The molecule has 0 radical (unpaired) electrons. The molecule has 0 amide bonds. The molecule has 0 saturated heterocycles. The molecule has 1 atom stereocenters. The Balaban J connectivity index is 1.33. The van der Waals surface area contributed by atoms with E-state index in [9.17, 15) is 9.18 Å². The minimum absolute atomic E-state index is 0.159. The number of fused-ring (bicyclic) bond motifs is 2. The van der Waals surface area contributed by atoms with Crippen molar-refractivity contribution in [1.29, 1.82) is 0 Å². The van der Waals surface area contributed by atoms with Crippen LogP contribution in [0.1, 0.15) is 39.8 Å². The number of aryl methyl sites for hydroxylation is 1. The third-order valence-electron chi connectivity index (χ3n) is 6.27. The van der Waals surface area contributed by atoms with E-state index in [1.54, 1.807) is 12.1 Å². The fourth-order valence-electron chi connectivity index (χ4n) is 4.52. The number of hydrogen-bond donors (Lipinski definition) is 3. The molecule has 6 rings (SSSR count). The topological polar surface area (TPSA) is 105 Å². The van der Waals surface area contributed by atoms with Gasteiger partial charge in [0.2, 0.25) is 5.78 Å². The smallest absolute Gasteiger partial charge is 0.214 e. The number of hydrogen-bond acceptors (Lipinski definition) is 4. The van der Waals surface area contributed by atoms with Gasteiger partial charge in [-0.2, -0.15) is 5.10 Å². The van der Waals surface area contributed by atoms with Gasteiger partial charge >= 0.3 is 0 Å². The van der Waals surface area contributed by atoms with Crippen molar-refractivity contribution in [3.63, 3.8) is 0 Å². The molecule has 1 aliphatic carbocycles. The van der Waals surface area contributed by atoms with E-state index >= 15 is 0 Å². The Bertz CT molecular complexity index is 1650. The molecule has 0 saturated carbocycles. The summed E-state index contributed by atoms with van der Waals surface area (Å²) in [6, 6.07) is 13.1. The minimum atomic E-state index is -0.304. The van der Waals surface area contributed by atoms with Crippen LogP contribution in [0.2, 0.25) is 0 Å². The van der Waals surface area contributed by atoms with Gasteiger partial charge in [-0.25, -0.2) is 14.1 Å². The van der Waals surface area contributed by atoms with Crippen LogP contribution in [0, 0.1) is 6.92 Å². The molecular weight excluding hydrogens is 431 g/mol. The van der Waals surface area contributed by atoms with Crippen LogP contribution in [0.3, 0.4) is 0 Å². The Hall–Kier alpha value is -4.46. The monoisotopic (exact) mass is 452 g/mol. The summed E-state index contributed by atoms with van der Waals surface area (Å²) < 4.78 is 15.8. The number of nitrogens with two attached hydrogens (primary N) is 1. The van der Waals surface area contributed by atoms with Crippen LogP contribution in [0.15, 0.2) is 72.7 Å². The van der Waals surface area contributed by atoms with E-state index in [4.69, 9.17) is 5.73 Å². The van der Waals surface area contributed by atoms with Crippen molar-refractivity contribution in [3.05, 3.63) is 95.4 Å². The minimum Gasteiger partial charge on any atom is -0.383 e. The predicted octanol–water partition coefficient (Wildman–Crippen LogP) is 5.25. The number of halogens is 1. The van der Waals surface area contributed by atoms with Gasteiger partial charge in [0.15, 0.2) is 0 Å². The maximum Gasteiger partial charge on any atom is 0.214 e. The molecule has 168 valence electrons. The van der Waals surface area contributed by atoms with Crippen molar-refractivity contribution in [3.8, 4) is 5.69 Å². The van der Waals surface area contributed by atoms with Crippen LogP contribution in [0.5, 0.6) is 0 Å². The zero-order valence-corrected chi connectivity index (χ0v) is 18.3. The second-order valence-electron chi connectivity index (χ2n) is 8.51.